The number of aliphatic hydroxyl groups is 2. The molecule has 0 aromatic rings. The van der Waals surface area contributed by atoms with Crippen LogP contribution in [0.25, 0.3) is 0 Å². The Labute approximate surface area is 73.6 Å². The van der Waals surface area contributed by atoms with E-state index in [2.05, 4.69) is 13.8 Å². The monoisotopic (exact) mass is 170 g/mol. The minimum atomic E-state index is -0.255. The average molecular weight is 170 g/mol. The fraction of sp³-hybridized carbons (Fsp3) is 1.00. The van der Waals surface area contributed by atoms with Crippen LogP contribution in [0.5, 0.6) is 0 Å². The van der Waals surface area contributed by atoms with E-state index >= 15 is 0 Å². The van der Waals surface area contributed by atoms with Gasteiger partial charge in [0.25, 0.3) is 0 Å². The molecule has 2 nitrogen and oxygen atoms in total. The maximum Gasteiger partial charge on any atom is 0.0621 e. The molecule has 2 fully saturated rings. The second kappa shape index (κ2) is 2.71. The van der Waals surface area contributed by atoms with Crippen molar-refractivity contribution in [2.24, 2.45) is 23.7 Å². The largest absolute Gasteiger partial charge is 0.392 e. The van der Waals surface area contributed by atoms with Crippen LogP contribution in [0.15, 0.2) is 0 Å². The first-order valence-corrected chi connectivity index (χ1v) is 4.97. The Kier molecular flexibility index (Phi) is 1.92. The lowest BCUT2D eigenvalue weighted by Crippen LogP contribution is -2.30. The van der Waals surface area contributed by atoms with Crippen molar-refractivity contribution >= 4 is 0 Å². The van der Waals surface area contributed by atoms with Crippen LogP contribution in [0.2, 0.25) is 0 Å². The lowest BCUT2D eigenvalue weighted by Gasteiger charge is -2.21. The standard InChI is InChI=1S/C10H18O2/c1-5-3-7-4-6(2)10(12)8(7)9(5)11/h5-12H,3-4H2,1-2H3/t5-,6+,7?,8?,9?,10?. The normalized spacial score (nSPS) is 59.0. The summed E-state index contributed by atoms with van der Waals surface area (Å²) < 4.78 is 0. The van der Waals surface area contributed by atoms with Gasteiger partial charge in [0.2, 0.25) is 0 Å². The van der Waals surface area contributed by atoms with Gasteiger partial charge in [0, 0.05) is 5.92 Å². The number of hydrogen-bond acceptors (Lipinski definition) is 2. The number of hydrogen-bond donors (Lipinski definition) is 2. The molecule has 0 aliphatic heterocycles. The Morgan fingerprint density at radius 3 is 1.67 bits per heavy atom. The van der Waals surface area contributed by atoms with Crippen molar-refractivity contribution in [3.63, 3.8) is 0 Å². The van der Waals surface area contributed by atoms with E-state index in [1.165, 1.54) is 0 Å². The molecule has 0 amide bonds. The zero-order valence-electron chi connectivity index (χ0n) is 7.77. The van der Waals surface area contributed by atoms with E-state index in [1.54, 1.807) is 0 Å². The van der Waals surface area contributed by atoms with Crippen molar-refractivity contribution in [2.45, 2.75) is 38.9 Å². The van der Waals surface area contributed by atoms with Crippen molar-refractivity contribution in [2.75, 3.05) is 0 Å². The molecule has 70 valence electrons. The molecule has 0 aromatic heterocycles. The summed E-state index contributed by atoms with van der Waals surface area (Å²) in [6.07, 6.45) is 1.70. The van der Waals surface area contributed by atoms with Gasteiger partial charge in [-0.05, 0) is 30.6 Å². The minimum Gasteiger partial charge on any atom is -0.392 e. The first-order valence-electron chi connectivity index (χ1n) is 4.97. The van der Waals surface area contributed by atoms with Crippen molar-refractivity contribution in [3.8, 4) is 0 Å². The van der Waals surface area contributed by atoms with Gasteiger partial charge in [-0.2, -0.15) is 0 Å². The minimum absolute atomic E-state index is 0.176. The van der Waals surface area contributed by atoms with E-state index in [-0.39, 0.29) is 18.1 Å². The third-order valence-electron chi connectivity index (χ3n) is 3.85. The highest BCUT2D eigenvalue weighted by Crippen LogP contribution is 2.49. The van der Waals surface area contributed by atoms with E-state index in [4.69, 9.17) is 0 Å². The summed E-state index contributed by atoms with van der Waals surface area (Å²) in [7, 11) is 0. The number of aliphatic hydroxyl groups excluding tert-OH is 2. The molecular formula is C10H18O2. The van der Waals surface area contributed by atoms with Gasteiger partial charge >= 0.3 is 0 Å². The third-order valence-corrected chi connectivity index (χ3v) is 3.85. The lowest BCUT2D eigenvalue weighted by atomic mass is 9.95. The molecule has 4 unspecified atom stereocenters. The van der Waals surface area contributed by atoms with Gasteiger partial charge in [0.15, 0.2) is 0 Å². The summed E-state index contributed by atoms with van der Waals surface area (Å²) in [4.78, 5) is 0. The summed E-state index contributed by atoms with van der Waals surface area (Å²) in [6, 6.07) is 0. The van der Waals surface area contributed by atoms with Crippen molar-refractivity contribution < 1.29 is 10.2 Å². The SMILES string of the molecule is C[C@@H]1CC2C[C@H](C)C(O)C2C1O. The molecule has 0 aromatic carbocycles. The van der Waals surface area contributed by atoms with Gasteiger partial charge in [-0.15, -0.1) is 0 Å². The van der Waals surface area contributed by atoms with Crippen LogP contribution < -0.4 is 0 Å². The summed E-state index contributed by atoms with van der Waals surface area (Å²) in [5.74, 6) is 1.54. The summed E-state index contributed by atoms with van der Waals surface area (Å²) in [5.41, 5.74) is 0. The topological polar surface area (TPSA) is 40.5 Å². The van der Waals surface area contributed by atoms with E-state index in [9.17, 15) is 10.2 Å². The van der Waals surface area contributed by atoms with E-state index < -0.39 is 0 Å². The van der Waals surface area contributed by atoms with Gasteiger partial charge in [-0.1, -0.05) is 13.8 Å². The van der Waals surface area contributed by atoms with Crippen LogP contribution in [0.1, 0.15) is 26.7 Å². The Balaban J connectivity index is 2.15. The molecule has 2 saturated carbocycles. The fourth-order valence-electron chi connectivity index (χ4n) is 3.16. The summed E-state index contributed by atoms with van der Waals surface area (Å²) >= 11 is 0. The smallest absolute Gasteiger partial charge is 0.0621 e. The maximum atomic E-state index is 9.80. The first kappa shape index (κ1) is 8.52. The molecule has 0 spiro atoms. The van der Waals surface area contributed by atoms with Crippen molar-refractivity contribution in [3.05, 3.63) is 0 Å². The summed E-state index contributed by atoms with van der Waals surface area (Å²) in [5, 5.41) is 19.6. The highest BCUT2D eigenvalue weighted by molar-refractivity contribution is 4.99. The van der Waals surface area contributed by atoms with E-state index in [0.717, 1.165) is 12.8 Å². The molecule has 6 atom stereocenters. The fourth-order valence-corrected chi connectivity index (χ4v) is 3.16. The van der Waals surface area contributed by atoms with Gasteiger partial charge in [0.1, 0.15) is 0 Å². The Bertz CT molecular complexity index is 163. The second-order valence-electron chi connectivity index (χ2n) is 4.74. The molecule has 2 N–H and O–H groups in total. The van der Waals surface area contributed by atoms with Crippen molar-refractivity contribution in [1.82, 2.24) is 0 Å². The zero-order valence-corrected chi connectivity index (χ0v) is 7.77. The molecule has 2 heteroatoms. The molecular weight excluding hydrogens is 152 g/mol. The van der Waals surface area contributed by atoms with Gasteiger partial charge in [0.05, 0.1) is 12.2 Å². The Morgan fingerprint density at radius 1 is 0.917 bits per heavy atom. The molecule has 0 saturated heterocycles. The Hall–Kier alpha value is -0.0800. The lowest BCUT2D eigenvalue weighted by molar-refractivity contribution is 0.00987. The number of fused-ring (bicyclic) bond motifs is 1. The molecule has 2 aliphatic rings. The number of rotatable bonds is 0. The predicted molar refractivity (Wildman–Crippen MR) is 46.6 cm³/mol. The van der Waals surface area contributed by atoms with E-state index in [0.29, 0.717) is 17.8 Å². The quantitative estimate of drug-likeness (QED) is 0.570. The average Bonchev–Trinajstić information content (AvgIpc) is 2.40. The molecule has 0 heterocycles. The molecule has 2 rings (SSSR count). The second-order valence-corrected chi connectivity index (χ2v) is 4.74. The highest BCUT2D eigenvalue weighted by atomic mass is 16.3. The van der Waals surface area contributed by atoms with Crippen molar-refractivity contribution in [1.29, 1.82) is 0 Å². The van der Waals surface area contributed by atoms with E-state index in [1.807, 2.05) is 0 Å². The van der Waals surface area contributed by atoms with Crippen LogP contribution in [-0.4, -0.2) is 22.4 Å². The molecule has 0 radical (unpaired) electrons. The predicted octanol–water partition coefficient (Wildman–Crippen LogP) is 1.02. The zero-order chi connectivity index (χ0) is 8.88. The molecule has 0 bridgehead atoms. The van der Waals surface area contributed by atoms with Gasteiger partial charge in [-0.25, -0.2) is 0 Å². The van der Waals surface area contributed by atoms with Gasteiger partial charge < -0.3 is 10.2 Å². The Morgan fingerprint density at radius 2 is 1.33 bits per heavy atom. The molecule has 12 heavy (non-hydrogen) atoms. The van der Waals surface area contributed by atoms with Crippen LogP contribution in [0.3, 0.4) is 0 Å². The van der Waals surface area contributed by atoms with Crippen LogP contribution >= 0.6 is 0 Å². The van der Waals surface area contributed by atoms with Crippen LogP contribution in [-0.2, 0) is 0 Å². The molecule has 2 aliphatic carbocycles. The van der Waals surface area contributed by atoms with Gasteiger partial charge in [-0.3, -0.25) is 0 Å². The highest BCUT2D eigenvalue weighted by Gasteiger charge is 2.50. The summed E-state index contributed by atoms with van der Waals surface area (Å²) in [6.45, 7) is 4.17. The maximum absolute atomic E-state index is 9.80. The first-order chi connectivity index (χ1) is 5.61. The van der Waals surface area contributed by atoms with Crippen LogP contribution in [0.4, 0.5) is 0 Å². The third kappa shape index (κ3) is 1.01. The van der Waals surface area contributed by atoms with Crippen LogP contribution in [0, 0.1) is 23.7 Å².